The van der Waals surface area contributed by atoms with E-state index in [1.807, 2.05) is 0 Å². The Morgan fingerprint density at radius 2 is 0.615 bits per heavy atom. The van der Waals surface area contributed by atoms with E-state index in [0.717, 1.165) is 6.42 Å². The molecule has 26 heavy (non-hydrogen) atoms. The van der Waals surface area contributed by atoms with Gasteiger partial charge in [-0.25, -0.2) is 0 Å². The minimum absolute atomic E-state index is 0.773. The maximum absolute atomic E-state index is 3.91. The molecule has 1 heteroatoms. The van der Waals surface area contributed by atoms with Crippen molar-refractivity contribution in [1.29, 1.82) is 0 Å². The van der Waals surface area contributed by atoms with Crippen LogP contribution in [0, 0.1) is 6.92 Å². The van der Waals surface area contributed by atoms with Crippen molar-refractivity contribution >= 4 is 8.07 Å². The van der Waals surface area contributed by atoms with Crippen molar-refractivity contribution in [3.8, 4) is 0 Å². The lowest BCUT2D eigenvalue weighted by Crippen LogP contribution is -2.18. The molecule has 0 fully saturated rings. The molecule has 0 N–H and O–H groups in total. The summed E-state index contributed by atoms with van der Waals surface area (Å²) in [5, 5.41) is 0. The lowest BCUT2D eigenvalue weighted by molar-refractivity contribution is 0.523. The summed E-state index contributed by atoms with van der Waals surface area (Å²) in [4.78, 5) is 0. The Bertz CT molecular complexity index is 253. The average Bonchev–Trinajstić information content (AvgIpc) is 2.59. The van der Waals surface area contributed by atoms with Gasteiger partial charge in [0.25, 0.3) is 0 Å². The highest BCUT2D eigenvalue weighted by Crippen LogP contribution is 2.17. The summed E-state index contributed by atoms with van der Waals surface area (Å²) < 4.78 is 0. The van der Waals surface area contributed by atoms with Gasteiger partial charge in [-0.15, -0.1) is 0 Å². The van der Waals surface area contributed by atoms with Gasteiger partial charge in [-0.05, 0) is 0 Å². The molecule has 0 aliphatic heterocycles. The normalized spacial score (nSPS) is 12.0. The van der Waals surface area contributed by atoms with Crippen LogP contribution in [-0.2, 0) is 0 Å². The Hall–Kier alpha value is 0.217. The Balaban J connectivity index is 3.01. The number of rotatable bonds is 21. The lowest BCUT2D eigenvalue weighted by atomic mass is 10.0. The first-order valence-corrected chi connectivity index (χ1v) is 16.1. The minimum Gasteiger partial charge on any atom is -0.0695 e. The Kier molecular flexibility index (Phi) is 20.1. The number of hydrogen-bond donors (Lipinski definition) is 0. The third-order valence-electron chi connectivity index (χ3n) is 5.68. The summed E-state index contributed by atoms with van der Waals surface area (Å²) >= 11 is 0. The predicted molar refractivity (Wildman–Crippen MR) is 126 cm³/mol. The molecule has 0 aromatic carbocycles. The molecular formula is C25H53Si. The molecule has 0 heterocycles. The maximum atomic E-state index is 3.91. The SMILES string of the molecule is [CH2]CCCCCCCCCCCCCCCCCCCCC[Si](C)(C)C. The van der Waals surface area contributed by atoms with E-state index >= 15 is 0 Å². The molecule has 0 nitrogen and oxygen atoms in total. The van der Waals surface area contributed by atoms with Gasteiger partial charge in [0.05, 0.1) is 0 Å². The molecule has 0 aromatic rings. The van der Waals surface area contributed by atoms with E-state index in [9.17, 15) is 0 Å². The van der Waals surface area contributed by atoms with E-state index in [4.69, 9.17) is 0 Å². The lowest BCUT2D eigenvalue weighted by Gasteiger charge is -2.14. The molecule has 0 bridgehead atoms. The highest BCUT2D eigenvalue weighted by molar-refractivity contribution is 6.76. The highest BCUT2D eigenvalue weighted by Gasteiger charge is 2.11. The van der Waals surface area contributed by atoms with Gasteiger partial charge in [0, 0.05) is 8.07 Å². The van der Waals surface area contributed by atoms with Crippen molar-refractivity contribution in [2.75, 3.05) is 0 Å². The molecular weight excluding hydrogens is 328 g/mol. The van der Waals surface area contributed by atoms with E-state index in [1.165, 1.54) is 128 Å². The smallest absolute Gasteiger partial charge is 0.0442 e. The number of unbranched alkanes of at least 4 members (excludes halogenated alkanes) is 19. The monoisotopic (exact) mass is 381 g/mol. The van der Waals surface area contributed by atoms with Crippen molar-refractivity contribution in [3.05, 3.63) is 6.92 Å². The minimum atomic E-state index is -0.773. The molecule has 0 aliphatic carbocycles. The van der Waals surface area contributed by atoms with Gasteiger partial charge in [-0.2, -0.15) is 0 Å². The van der Waals surface area contributed by atoms with Crippen LogP contribution in [-0.4, -0.2) is 8.07 Å². The van der Waals surface area contributed by atoms with Crippen LogP contribution < -0.4 is 0 Å². The average molecular weight is 382 g/mol. The van der Waals surface area contributed by atoms with Gasteiger partial charge < -0.3 is 0 Å². The van der Waals surface area contributed by atoms with Crippen molar-refractivity contribution in [2.45, 2.75) is 154 Å². The highest BCUT2D eigenvalue weighted by atomic mass is 28.3. The van der Waals surface area contributed by atoms with Crippen LogP contribution in [0.3, 0.4) is 0 Å². The van der Waals surface area contributed by atoms with Gasteiger partial charge >= 0.3 is 0 Å². The molecule has 0 unspecified atom stereocenters. The van der Waals surface area contributed by atoms with E-state index < -0.39 is 8.07 Å². The summed E-state index contributed by atoms with van der Waals surface area (Å²) in [6.45, 7) is 11.4. The van der Waals surface area contributed by atoms with Gasteiger partial charge in [0.2, 0.25) is 0 Å². The van der Waals surface area contributed by atoms with Crippen LogP contribution in [0.1, 0.15) is 128 Å². The fraction of sp³-hybridized carbons (Fsp3) is 0.960. The first kappa shape index (κ1) is 26.2. The maximum Gasteiger partial charge on any atom is 0.0442 e. The van der Waals surface area contributed by atoms with Crippen molar-refractivity contribution < 1.29 is 0 Å². The second-order valence-corrected chi connectivity index (χ2v) is 15.5. The van der Waals surface area contributed by atoms with Crippen molar-refractivity contribution in [1.82, 2.24) is 0 Å². The Morgan fingerprint density at radius 1 is 0.385 bits per heavy atom. The van der Waals surface area contributed by atoms with Crippen molar-refractivity contribution in [3.63, 3.8) is 0 Å². The van der Waals surface area contributed by atoms with Crippen LogP contribution in [0.15, 0.2) is 0 Å². The second-order valence-electron chi connectivity index (χ2n) is 9.88. The van der Waals surface area contributed by atoms with Crippen molar-refractivity contribution in [2.24, 2.45) is 0 Å². The molecule has 0 rings (SSSR count). The van der Waals surface area contributed by atoms with Gasteiger partial charge in [-0.3, -0.25) is 0 Å². The molecule has 1 radical (unpaired) electrons. The quantitative estimate of drug-likeness (QED) is 0.137. The zero-order chi connectivity index (χ0) is 19.3. The van der Waals surface area contributed by atoms with Gasteiger partial charge in [0.1, 0.15) is 0 Å². The standard InChI is InChI=1S/C25H53Si/c1-5-6-7-8-9-10-11-12-13-14-15-16-17-18-19-20-21-22-23-24-25-26(2,3)4/h1,5-25H2,2-4H3. The number of hydrogen-bond acceptors (Lipinski definition) is 0. The summed E-state index contributed by atoms with van der Waals surface area (Å²) in [5.74, 6) is 0. The fourth-order valence-corrected chi connectivity index (χ4v) is 5.15. The van der Waals surface area contributed by atoms with E-state index in [-0.39, 0.29) is 0 Å². The first-order valence-electron chi connectivity index (χ1n) is 12.4. The molecule has 0 atom stereocenters. The van der Waals surface area contributed by atoms with E-state index in [0.29, 0.717) is 0 Å². The van der Waals surface area contributed by atoms with Gasteiger partial charge in [0.15, 0.2) is 0 Å². The summed E-state index contributed by atoms with van der Waals surface area (Å²) in [7, 11) is -0.773. The van der Waals surface area contributed by atoms with Crippen LogP contribution >= 0.6 is 0 Å². The first-order chi connectivity index (χ1) is 12.6. The second kappa shape index (κ2) is 20.0. The topological polar surface area (TPSA) is 0 Å². The third kappa shape index (κ3) is 24.2. The van der Waals surface area contributed by atoms with Crippen LogP contribution in [0.4, 0.5) is 0 Å². The molecule has 0 aromatic heterocycles. The third-order valence-corrected chi connectivity index (χ3v) is 7.53. The van der Waals surface area contributed by atoms with Gasteiger partial charge in [-0.1, -0.05) is 161 Å². The Labute approximate surface area is 169 Å². The molecule has 0 spiro atoms. The molecule has 157 valence electrons. The summed E-state index contributed by atoms with van der Waals surface area (Å²) in [6.07, 6.45) is 29.0. The summed E-state index contributed by atoms with van der Waals surface area (Å²) in [5.41, 5.74) is 0. The molecule has 0 aliphatic rings. The largest absolute Gasteiger partial charge is 0.0695 e. The molecule has 0 saturated carbocycles. The predicted octanol–water partition coefficient (Wildman–Crippen LogP) is 9.96. The van der Waals surface area contributed by atoms with E-state index in [2.05, 4.69) is 26.6 Å². The van der Waals surface area contributed by atoms with E-state index in [1.54, 1.807) is 0 Å². The zero-order valence-electron chi connectivity index (χ0n) is 19.1. The van der Waals surface area contributed by atoms with Crippen LogP contribution in [0.25, 0.3) is 0 Å². The molecule has 0 amide bonds. The van der Waals surface area contributed by atoms with Crippen LogP contribution in [0.5, 0.6) is 0 Å². The fourth-order valence-electron chi connectivity index (χ4n) is 3.84. The molecule has 0 saturated heterocycles. The summed E-state index contributed by atoms with van der Waals surface area (Å²) in [6, 6.07) is 1.53. The Morgan fingerprint density at radius 3 is 0.846 bits per heavy atom. The van der Waals surface area contributed by atoms with Crippen LogP contribution in [0.2, 0.25) is 25.7 Å². The zero-order valence-corrected chi connectivity index (χ0v) is 20.1.